The van der Waals surface area contributed by atoms with E-state index in [1.165, 1.54) is 32.1 Å². The first-order valence-corrected chi connectivity index (χ1v) is 6.57. The molecule has 0 heterocycles. The Balaban J connectivity index is 2.48. The topological polar surface area (TPSA) is 34.1 Å². The fourth-order valence-electron chi connectivity index (χ4n) is 2.64. The lowest BCUT2D eigenvalue weighted by molar-refractivity contribution is -0.129. The van der Waals surface area contributed by atoms with Gasteiger partial charge in [0, 0.05) is 0 Å². The predicted molar refractivity (Wildman–Crippen MR) is 65.2 cm³/mol. The van der Waals surface area contributed by atoms with Gasteiger partial charge in [-0.15, -0.1) is 0 Å². The third kappa shape index (κ3) is 3.16. The maximum absolute atomic E-state index is 11.1. The molecule has 0 radical (unpaired) electrons. The molecule has 1 aliphatic carbocycles. The average Bonchev–Trinajstić information content (AvgIpc) is 2.32. The molecule has 0 unspecified atom stereocenters. The second kappa shape index (κ2) is 6.17. The summed E-state index contributed by atoms with van der Waals surface area (Å²) < 4.78 is 0. The summed E-state index contributed by atoms with van der Waals surface area (Å²) in [6.07, 6.45) is 10.1. The Hall–Kier alpha value is -0.660. The highest BCUT2D eigenvalue weighted by Gasteiger charge is 2.33. The van der Waals surface area contributed by atoms with Crippen molar-refractivity contribution in [1.29, 1.82) is 0 Å². The summed E-state index contributed by atoms with van der Waals surface area (Å²) in [6, 6.07) is 0. The van der Waals surface area contributed by atoms with Gasteiger partial charge in [0.05, 0.1) is 5.41 Å². The molecule has 1 saturated carbocycles. The molecule has 2 heteroatoms. The van der Waals surface area contributed by atoms with Gasteiger partial charge in [0.1, 0.15) is 12.6 Å². The lowest BCUT2D eigenvalue weighted by Crippen LogP contribution is -2.31. The Morgan fingerprint density at radius 2 is 1.69 bits per heavy atom. The van der Waals surface area contributed by atoms with Crippen LogP contribution in [0, 0.1) is 17.3 Å². The van der Waals surface area contributed by atoms with Gasteiger partial charge in [-0.25, -0.2) is 0 Å². The van der Waals surface area contributed by atoms with Gasteiger partial charge in [-0.2, -0.15) is 0 Å². The largest absolute Gasteiger partial charge is 0.302 e. The zero-order valence-corrected chi connectivity index (χ0v) is 10.6. The van der Waals surface area contributed by atoms with E-state index < -0.39 is 5.41 Å². The molecule has 1 rings (SSSR count). The molecule has 0 atom stereocenters. The van der Waals surface area contributed by atoms with Crippen molar-refractivity contribution >= 4 is 12.6 Å². The van der Waals surface area contributed by atoms with Crippen molar-refractivity contribution < 1.29 is 9.59 Å². The van der Waals surface area contributed by atoms with Crippen LogP contribution in [0.3, 0.4) is 0 Å². The fourth-order valence-corrected chi connectivity index (χ4v) is 2.64. The van der Waals surface area contributed by atoms with Gasteiger partial charge in [0.25, 0.3) is 0 Å². The lowest BCUT2D eigenvalue weighted by atomic mass is 9.73. The fraction of sp³-hybridized carbons (Fsp3) is 0.857. The molecule has 0 aromatic rings. The van der Waals surface area contributed by atoms with E-state index in [0.717, 1.165) is 31.3 Å². The quantitative estimate of drug-likeness (QED) is 0.512. The van der Waals surface area contributed by atoms with Crippen molar-refractivity contribution in [3.63, 3.8) is 0 Å². The Labute approximate surface area is 98.8 Å². The van der Waals surface area contributed by atoms with Crippen LogP contribution in [0.5, 0.6) is 0 Å². The Kier molecular flexibility index (Phi) is 5.17. The Morgan fingerprint density at radius 3 is 2.12 bits per heavy atom. The van der Waals surface area contributed by atoms with E-state index in [1.54, 1.807) is 0 Å². The van der Waals surface area contributed by atoms with Crippen molar-refractivity contribution in [3.05, 3.63) is 0 Å². The second-order valence-electron chi connectivity index (χ2n) is 5.55. The first kappa shape index (κ1) is 13.4. The molecule has 0 aromatic heterocycles. The monoisotopic (exact) mass is 224 g/mol. The standard InChI is InChI=1S/C14H24O2/c1-12(2)14(10-15,11-16)9-8-13-6-4-3-5-7-13/h10-13H,3-9H2,1-2H3. The second-order valence-corrected chi connectivity index (χ2v) is 5.55. The maximum Gasteiger partial charge on any atom is 0.133 e. The highest BCUT2D eigenvalue weighted by molar-refractivity contribution is 5.83. The normalized spacial score (nSPS) is 18.7. The molecular weight excluding hydrogens is 200 g/mol. The van der Waals surface area contributed by atoms with Crippen LogP contribution < -0.4 is 0 Å². The predicted octanol–water partition coefficient (Wildman–Crippen LogP) is 3.39. The molecule has 0 N–H and O–H groups in total. The van der Waals surface area contributed by atoms with Gasteiger partial charge in [0.2, 0.25) is 0 Å². The minimum absolute atomic E-state index is 0.117. The summed E-state index contributed by atoms with van der Waals surface area (Å²) in [6.45, 7) is 3.92. The van der Waals surface area contributed by atoms with Crippen molar-refractivity contribution in [2.24, 2.45) is 17.3 Å². The summed E-state index contributed by atoms with van der Waals surface area (Å²) in [5, 5.41) is 0. The van der Waals surface area contributed by atoms with Gasteiger partial charge in [-0.3, -0.25) is 0 Å². The van der Waals surface area contributed by atoms with Crippen LogP contribution in [0.2, 0.25) is 0 Å². The van der Waals surface area contributed by atoms with E-state index >= 15 is 0 Å². The molecule has 0 spiro atoms. The molecule has 1 aliphatic rings. The van der Waals surface area contributed by atoms with E-state index in [-0.39, 0.29) is 5.92 Å². The minimum Gasteiger partial charge on any atom is -0.302 e. The average molecular weight is 224 g/mol. The van der Waals surface area contributed by atoms with Crippen LogP contribution in [-0.4, -0.2) is 12.6 Å². The molecule has 0 bridgehead atoms. The molecular formula is C14H24O2. The van der Waals surface area contributed by atoms with Crippen molar-refractivity contribution in [2.75, 3.05) is 0 Å². The molecule has 0 saturated heterocycles. The third-order valence-corrected chi connectivity index (χ3v) is 4.22. The van der Waals surface area contributed by atoms with E-state index in [1.807, 2.05) is 13.8 Å². The molecule has 0 aromatic carbocycles. The van der Waals surface area contributed by atoms with Gasteiger partial charge >= 0.3 is 0 Å². The number of carbonyl (C=O) groups is 2. The van der Waals surface area contributed by atoms with Gasteiger partial charge < -0.3 is 9.59 Å². The maximum atomic E-state index is 11.1. The molecule has 16 heavy (non-hydrogen) atoms. The van der Waals surface area contributed by atoms with Gasteiger partial charge in [-0.05, 0) is 24.7 Å². The number of aldehydes is 2. The number of carbonyl (C=O) groups excluding carboxylic acids is 2. The van der Waals surface area contributed by atoms with E-state index in [9.17, 15) is 9.59 Å². The number of rotatable bonds is 6. The van der Waals surface area contributed by atoms with Crippen molar-refractivity contribution in [1.82, 2.24) is 0 Å². The van der Waals surface area contributed by atoms with Gasteiger partial charge in [0.15, 0.2) is 0 Å². The smallest absolute Gasteiger partial charge is 0.133 e. The van der Waals surface area contributed by atoms with Crippen LogP contribution in [0.1, 0.15) is 58.8 Å². The number of hydrogen-bond acceptors (Lipinski definition) is 2. The minimum atomic E-state index is -0.725. The molecule has 0 amide bonds. The van der Waals surface area contributed by atoms with Crippen LogP contribution in [0.4, 0.5) is 0 Å². The summed E-state index contributed by atoms with van der Waals surface area (Å²) in [7, 11) is 0. The van der Waals surface area contributed by atoms with Crippen molar-refractivity contribution in [2.45, 2.75) is 58.8 Å². The lowest BCUT2D eigenvalue weighted by Gasteiger charge is -2.29. The summed E-state index contributed by atoms with van der Waals surface area (Å²) >= 11 is 0. The molecule has 0 aliphatic heterocycles. The summed E-state index contributed by atoms with van der Waals surface area (Å²) in [4.78, 5) is 22.3. The Morgan fingerprint density at radius 1 is 1.12 bits per heavy atom. The summed E-state index contributed by atoms with van der Waals surface area (Å²) in [5.74, 6) is 0.859. The van der Waals surface area contributed by atoms with E-state index in [2.05, 4.69) is 0 Å². The first-order valence-electron chi connectivity index (χ1n) is 6.57. The third-order valence-electron chi connectivity index (χ3n) is 4.22. The zero-order valence-electron chi connectivity index (χ0n) is 10.6. The van der Waals surface area contributed by atoms with Gasteiger partial charge in [-0.1, -0.05) is 46.0 Å². The molecule has 2 nitrogen and oxygen atoms in total. The Bertz CT molecular complexity index is 219. The van der Waals surface area contributed by atoms with Crippen LogP contribution in [0.25, 0.3) is 0 Å². The van der Waals surface area contributed by atoms with Crippen LogP contribution in [-0.2, 0) is 9.59 Å². The SMILES string of the molecule is CC(C)C(C=O)(C=O)CCC1CCCCC1. The van der Waals surface area contributed by atoms with Crippen molar-refractivity contribution in [3.8, 4) is 0 Å². The highest BCUT2D eigenvalue weighted by Crippen LogP contribution is 2.34. The molecule has 92 valence electrons. The summed E-state index contributed by atoms with van der Waals surface area (Å²) in [5.41, 5.74) is -0.725. The van der Waals surface area contributed by atoms with Crippen LogP contribution in [0.15, 0.2) is 0 Å². The number of hydrogen-bond donors (Lipinski definition) is 0. The molecule has 1 fully saturated rings. The van der Waals surface area contributed by atoms with E-state index in [4.69, 9.17) is 0 Å². The first-order chi connectivity index (χ1) is 7.64. The van der Waals surface area contributed by atoms with E-state index in [0.29, 0.717) is 0 Å². The highest BCUT2D eigenvalue weighted by atomic mass is 16.1. The zero-order chi connectivity index (χ0) is 12.0. The van der Waals surface area contributed by atoms with Crippen LogP contribution >= 0.6 is 0 Å².